The van der Waals surface area contributed by atoms with Crippen molar-refractivity contribution >= 4 is 17.9 Å². The van der Waals surface area contributed by atoms with Crippen LogP contribution in [0.1, 0.15) is 72.6 Å². The van der Waals surface area contributed by atoms with Gasteiger partial charge in [-0.1, -0.05) is 58.0 Å². The van der Waals surface area contributed by atoms with Gasteiger partial charge in [0.25, 0.3) is 0 Å². The number of nitrogens with one attached hydrogen (secondary N) is 3. The van der Waals surface area contributed by atoms with Crippen LogP contribution in [0.2, 0.25) is 0 Å². The van der Waals surface area contributed by atoms with Crippen molar-refractivity contribution in [2.45, 2.75) is 111 Å². The average molecular weight is 617 g/mol. The number of carbonyl (C=O) groups is 3. The van der Waals surface area contributed by atoms with Gasteiger partial charge < -0.3 is 40.8 Å². The van der Waals surface area contributed by atoms with E-state index in [1.54, 1.807) is 37.9 Å². The highest BCUT2D eigenvalue weighted by atomic mass is 16.6. The van der Waals surface area contributed by atoms with E-state index in [4.69, 9.17) is 15.2 Å². The number of benzene rings is 1. The Hall–Kier alpha value is -3.48. The van der Waals surface area contributed by atoms with Crippen LogP contribution in [0.3, 0.4) is 0 Å². The maximum absolute atomic E-state index is 13.7. The predicted molar refractivity (Wildman–Crippen MR) is 168 cm³/mol. The van der Waals surface area contributed by atoms with Gasteiger partial charge in [-0.3, -0.25) is 9.59 Å². The van der Waals surface area contributed by atoms with Gasteiger partial charge in [-0.25, -0.2) is 9.78 Å². The number of hydrogen-bond donors (Lipinski definition) is 5. The summed E-state index contributed by atoms with van der Waals surface area (Å²) in [5, 5.41) is 19.8. The first-order chi connectivity index (χ1) is 20.6. The van der Waals surface area contributed by atoms with Gasteiger partial charge in [0, 0.05) is 24.9 Å². The van der Waals surface area contributed by atoms with Crippen LogP contribution >= 0.6 is 0 Å². The number of imidazole rings is 1. The number of aromatic nitrogens is 2. The van der Waals surface area contributed by atoms with Crippen LogP contribution in [0.15, 0.2) is 42.9 Å². The summed E-state index contributed by atoms with van der Waals surface area (Å²) in [4.78, 5) is 42.6. The summed E-state index contributed by atoms with van der Waals surface area (Å²) in [6.45, 7) is 13.8. The topological polar surface area (TPSA) is 170 Å². The minimum Gasteiger partial charge on any atom is -0.444 e. The maximum Gasteiger partial charge on any atom is 0.408 e. The highest BCUT2D eigenvalue weighted by molar-refractivity contribution is 5.86. The molecular formula is C32H52N6O6. The summed E-state index contributed by atoms with van der Waals surface area (Å²) in [7, 11) is 0. The van der Waals surface area contributed by atoms with Crippen LogP contribution in [0.4, 0.5) is 4.79 Å². The Morgan fingerprint density at radius 2 is 1.66 bits per heavy atom. The Morgan fingerprint density at radius 3 is 2.25 bits per heavy atom. The van der Waals surface area contributed by atoms with Gasteiger partial charge in [0.05, 0.1) is 31.1 Å². The van der Waals surface area contributed by atoms with Crippen LogP contribution in [-0.2, 0) is 38.8 Å². The molecule has 2 aromatic rings. The minimum atomic E-state index is -1.04. The van der Waals surface area contributed by atoms with Gasteiger partial charge in [-0.05, 0) is 51.0 Å². The molecule has 246 valence electrons. The molecule has 6 N–H and O–H groups in total. The number of primary amides is 1. The molecule has 0 spiro atoms. The standard InChI is InChI=1S/C32H52N6O6/c1-21(2)13-25(28(39)17-35-26(29(33)40)14-22(3)4)36-30(41)27(37-31(42)44-32(5,6)7)15-24-16-34-19-38(24)20-43-18-23-11-9-8-10-12-23/h8-12,16,19,21-22,25-28,35,39H,13-15,17-18,20H2,1-7H3,(H2,33,40)(H,36,41)(H,37,42)/t25-,26-,27-,28?/m0/s1. The van der Waals surface area contributed by atoms with E-state index in [1.807, 2.05) is 58.0 Å². The largest absolute Gasteiger partial charge is 0.444 e. The average Bonchev–Trinajstić information content (AvgIpc) is 3.35. The number of rotatable bonds is 18. The predicted octanol–water partition coefficient (Wildman–Crippen LogP) is 2.87. The lowest BCUT2D eigenvalue weighted by molar-refractivity contribution is -0.125. The number of ether oxygens (including phenoxy) is 2. The quantitative estimate of drug-likeness (QED) is 0.170. The van der Waals surface area contributed by atoms with Gasteiger partial charge in [0.2, 0.25) is 11.8 Å². The fourth-order valence-electron chi connectivity index (χ4n) is 4.62. The van der Waals surface area contributed by atoms with Crippen molar-refractivity contribution in [1.82, 2.24) is 25.5 Å². The van der Waals surface area contributed by atoms with E-state index < -0.39 is 47.7 Å². The molecule has 12 nitrogen and oxygen atoms in total. The number of aliphatic hydroxyl groups is 1. The fraction of sp³-hybridized carbons (Fsp3) is 0.625. The highest BCUT2D eigenvalue weighted by Crippen LogP contribution is 2.13. The zero-order valence-corrected chi connectivity index (χ0v) is 27.2. The monoisotopic (exact) mass is 616 g/mol. The lowest BCUT2D eigenvalue weighted by atomic mass is 9.97. The number of aliphatic hydroxyl groups excluding tert-OH is 1. The van der Waals surface area contributed by atoms with Gasteiger partial charge in [0.1, 0.15) is 18.4 Å². The van der Waals surface area contributed by atoms with Gasteiger partial charge >= 0.3 is 6.09 Å². The van der Waals surface area contributed by atoms with E-state index in [2.05, 4.69) is 20.9 Å². The second kappa shape index (κ2) is 17.7. The van der Waals surface area contributed by atoms with Crippen molar-refractivity contribution in [3.63, 3.8) is 0 Å². The van der Waals surface area contributed by atoms with E-state index in [-0.39, 0.29) is 31.5 Å². The summed E-state index contributed by atoms with van der Waals surface area (Å²) in [6.07, 6.45) is 2.54. The Labute approximate surface area is 261 Å². The van der Waals surface area contributed by atoms with E-state index >= 15 is 0 Å². The first-order valence-corrected chi connectivity index (χ1v) is 15.3. The lowest BCUT2D eigenvalue weighted by Crippen LogP contribution is -2.56. The molecule has 1 aromatic carbocycles. The second-order valence-electron chi connectivity index (χ2n) is 13.0. The molecule has 0 radical (unpaired) electrons. The molecule has 0 saturated carbocycles. The van der Waals surface area contributed by atoms with Gasteiger partial charge in [0.15, 0.2) is 0 Å². The number of carbonyl (C=O) groups excluding carboxylic acids is 3. The number of nitrogens with two attached hydrogens (primary N) is 1. The zero-order chi connectivity index (χ0) is 32.9. The molecule has 0 bridgehead atoms. The normalized spacial score (nSPS) is 14.6. The van der Waals surface area contributed by atoms with E-state index in [0.29, 0.717) is 25.1 Å². The molecule has 12 heteroatoms. The van der Waals surface area contributed by atoms with Crippen molar-refractivity contribution in [2.75, 3.05) is 6.54 Å². The molecular weight excluding hydrogens is 564 g/mol. The van der Waals surface area contributed by atoms with Crippen molar-refractivity contribution in [1.29, 1.82) is 0 Å². The Balaban J connectivity index is 2.18. The number of amides is 3. The first-order valence-electron chi connectivity index (χ1n) is 15.3. The molecule has 0 fully saturated rings. The molecule has 0 aliphatic heterocycles. The fourth-order valence-corrected chi connectivity index (χ4v) is 4.62. The third kappa shape index (κ3) is 13.9. The molecule has 4 atom stereocenters. The molecule has 1 aromatic heterocycles. The van der Waals surface area contributed by atoms with Crippen molar-refractivity contribution in [3.05, 3.63) is 54.1 Å². The second-order valence-corrected chi connectivity index (χ2v) is 13.0. The Bertz CT molecular complexity index is 1160. The molecule has 2 rings (SSSR count). The van der Waals surface area contributed by atoms with E-state index in [1.165, 1.54) is 0 Å². The van der Waals surface area contributed by atoms with Crippen LogP contribution in [-0.4, -0.2) is 68.9 Å². The SMILES string of the molecule is CC(C)C[C@H](NCC(O)[C@H](CC(C)C)NC(=O)[C@H](Cc1cncn1COCc1ccccc1)NC(=O)OC(C)(C)C)C(N)=O. The number of hydrogen-bond acceptors (Lipinski definition) is 8. The molecule has 44 heavy (non-hydrogen) atoms. The third-order valence-corrected chi connectivity index (χ3v) is 6.70. The van der Waals surface area contributed by atoms with Gasteiger partial charge in [-0.15, -0.1) is 0 Å². The molecule has 3 amide bonds. The summed E-state index contributed by atoms with van der Waals surface area (Å²) in [5.74, 6) is -0.633. The maximum atomic E-state index is 13.7. The number of nitrogens with zero attached hydrogens (tertiary/aromatic N) is 2. The first kappa shape index (κ1) is 36.7. The van der Waals surface area contributed by atoms with Gasteiger partial charge in [-0.2, -0.15) is 0 Å². The molecule has 0 saturated heterocycles. The van der Waals surface area contributed by atoms with Crippen LogP contribution in [0.25, 0.3) is 0 Å². The summed E-state index contributed by atoms with van der Waals surface area (Å²) in [6, 6.07) is 7.44. The third-order valence-electron chi connectivity index (χ3n) is 6.70. The lowest BCUT2D eigenvalue weighted by Gasteiger charge is -2.30. The van der Waals surface area contributed by atoms with E-state index in [9.17, 15) is 19.5 Å². The van der Waals surface area contributed by atoms with Crippen LogP contribution < -0.4 is 21.7 Å². The Morgan fingerprint density at radius 1 is 1.00 bits per heavy atom. The number of alkyl carbamates (subject to hydrolysis) is 1. The summed E-state index contributed by atoms with van der Waals surface area (Å²) >= 11 is 0. The smallest absolute Gasteiger partial charge is 0.408 e. The molecule has 1 unspecified atom stereocenters. The van der Waals surface area contributed by atoms with Crippen molar-refractivity contribution < 1.29 is 29.0 Å². The summed E-state index contributed by atoms with van der Waals surface area (Å²) < 4.78 is 13.1. The summed E-state index contributed by atoms with van der Waals surface area (Å²) in [5.41, 5.74) is 6.47. The molecule has 0 aliphatic carbocycles. The zero-order valence-electron chi connectivity index (χ0n) is 27.2. The molecule has 0 aliphatic rings. The van der Waals surface area contributed by atoms with E-state index in [0.717, 1.165) is 5.56 Å². The van der Waals surface area contributed by atoms with Crippen LogP contribution in [0, 0.1) is 11.8 Å². The minimum absolute atomic E-state index is 0.0493. The van der Waals surface area contributed by atoms with Crippen molar-refractivity contribution in [3.8, 4) is 0 Å². The van der Waals surface area contributed by atoms with Crippen LogP contribution in [0.5, 0.6) is 0 Å². The highest BCUT2D eigenvalue weighted by Gasteiger charge is 2.30. The molecule has 1 heterocycles. The van der Waals surface area contributed by atoms with Crippen molar-refractivity contribution in [2.24, 2.45) is 17.6 Å². The Kier molecular flexibility index (Phi) is 14.8.